The number of nitrogens with zero attached hydrogens (tertiary/aromatic N) is 2. The summed E-state index contributed by atoms with van der Waals surface area (Å²) >= 11 is 0. The first-order chi connectivity index (χ1) is 14.6. The van der Waals surface area contributed by atoms with Crippen molar-refractivity contribution in [1.29, 1.82) is 0 Å². The zero-order chi connectivity index (χ0) is 21.1. The Morgan fingerprint density at radius 3 is 2.67 bits per heavy atom. The summed E-state index contributed by atoms with van der Waals surface area (Å²) in [6.45, 7) is 5.23. The first-order valence-electron chi connectivity index (χ1n) is 10.2. The number of para-hydroxylation sites is 2. The molecule has 1 unspecified atom stereocenters. The molecule has 0 radical (unpaired) electrons. The van der Waals surface area contributed by atoms with E-state index in [0.29, 0.717) is 31.2 Å². The van der Waals surface area contributed by atoms with Crippen LogP contribution in [0.4, 0.5) is 17.1 Å². The van der Waals surface area contributed by atoms with Crippen molar-refractivity contribution in [2.45, 2.75) is 13.3 Å². The molecule has 2 saturated heterocycles. The van der Waals surface area contributed by atoms with Crippen LogP contribution in [0.15, 0.2) is 42.5 Å². The van der Waals surface area contributed by atoms with Crippen molar-refractivity contribution >= 4 is 28.9 Å². The normalized spacial score (nSPS) is 19.1. The maximum atomic E-state index is 13.0. The van der Waals surface area contributed by atoms with Crippen molar-refractivity contribution in [2.24, 2.45) is 5.92 Å². The molecule has 7 nitrogen and oxygen atoms in total. The second kappa shape index (κ2) is 8.75. The molecule has 1 atom stereocenters. The first kappa shape index (κ1) is 20.2. The van der Waals surface area contributed by atoms with Gasteiger partial charge in [0.15, 0.2) is 0 Å². The van der Waals surface area contributed by atoms with E-state index in [0.717, 1.165) is 30.0 Å². The van der Waals surface area contributed by atoms with Gasteiger partial charge in [-0.05, 0) is 36.8 Å². The number of amides is 2. The molecular weight excluding hydrogens is 382 g/mol. The highest BCUT2D eigenvalue weighted by molar-refractivity contribution is 6.05. The number of rotatable bonds is 5. The summed E-state index contributed by atoms with van der Waals surface area (Å²) in [5.74, 6) is 0.00632. The lowest BCUT2D eigenvalue weighted by molar-refractivity contribution is -0.122. The van der Waals surface area contributed by atoms with E-state index < -0.39 is 5.92 Å². The maximum absolute atomic E-state index is 13.0. The molecule has 4 rings (SSSR count). The molecule has 2 heterocycles. The molecule has 0 saturated carbocycles. The number of carbonyl (C=O) groups is 2. The Hall–Kier alpha value is -3.06. The summed E-state index contributed by atoms with van der Waals surface area (Å²) in [6.07, 6.45) is 0.183. The standard InChI is InChI=1S/C23H27N3O4/c1-16-7-8-21(29-2)20(13-16)26-15-17(14-22(26)27)23(28)24-18-5-3-4-6-19(18)25-9-11-30-12-10-25/h3-8,13,17H,9-12,14-15H2,1-2H3,(H,24,28). The van der Waals surface area contributed by atoms with Gasteiger partial charge in [0, 0.05) is 26.1 Å². The molecule has 2 aromatic carbocycles. The number of aryl methyl sites for hydroxylation is 1. The quantitative estimate of drug-likeness (QED) is 0.822. The number of anilines is 3. The van der Waals surface area contributed by atoms with Gasteiger partial charge in [-0.2, -0.15) is 0 Å². The zero-order valence-electron chi connectivity index (χ0n) is 17.4. The van der Waals surface area contributed by atoms with E-state index in [4.69, 9.17) is 9.47 Å². The van der Waals surface area contributed by atoms with Gasteiger partial charge in [0.25, 0.3) is 0 Å². The van der Waals surface area contributed by atoms with Gasteiger partial charge in [0.05, 0.1) is 43.3 Å². The Morgan fingerprint density at radius 2 is 1.90 bits per heavy atom. The monoisotopic (exact) mass is 409 g/mol. The first-order valence-corrected chi connectivity index (χ1v) is 10.2. The van der Waals surface area contributed by atoms with Gasteiger partial charge in [0.1, 0.15) is 5.75 Å². The Bertz CT molecular complexity index is 940. The van der Waals surface area contributed by atoms with Crippen LogP contribution in [-0.4, -0.2) is 51.8 Å². The molecule has 7 heteroatoms. The van der Waals surface area contributed by atoms with Crippen molar-refractivity contribution in [1.82, 2.24) is 0 Å². The van der Waals surface area contributed by atoms with Crippen LogP contribution >= 0.6 is 0 Å². The fraction of sp³-hybridized carbons (Fsp3) is 0.391. The minimum Gasteiger partial charge on any atom is -0.495 e. The Balaban J connectivity index is 1.50. The van der Waals surface area contributed by atoms with Crippen LogP contribution in [0.25, 0.3) is 0 Å². The fourth-order valence-corrected chi connectivity index (χ4v) is 4.02. The lowest BCUT2D eigenvalue weighted by Gasteiger charge is -2.30. The van der Waals surface area contributed by atoms with Crippen molar-refractivity contribution in [2.75, 3.05) is 55.1 Å². The molecule has 158 valence electrons. The Morgan fingerprint density at radius 1 is 1.13 bits per heavy atom. The molecule has 0 bridgehead atoms. The minimum atomic E-state index is -0.416. The predicted molar refractivity (Wildman–Crippen MR) is 116 cm³/mol. The smallest absolute Gasteiger partial charge is 0.229 e. The lowest BCUT2D eigenvalue weighted by atomic mass is 10.1. The van der Waals surface area contributed by atoms with E-state index >= 15 is 0 Å². The molecular formula is C23H27N3O4. The highest BCUT2D eigenvalue weighted by atomic mass is 16.5. The van der Waals surface area contributed by atoms with Crippen LogP contribution < -0.4 is 19.9 Å². The van der Waals surface area contributed by atoms with Crippen LogP contribution in [0.3, 0.4) is 0 Å². The SMILES string of the molecule is COc1ccc(C)cc1N1CC(C(=O)Nc2ccccc2N2CCOCC2)CC1=O. The number of hydrogen-bond acceptors (Lipinski definition) is 5. The maximum Gasteiger partial charge on any atom is 0.229 e. The summed E-state index contributed by atoms with van der Waals surface area (Å²) in [5, 5.41) is 3.05. The van der Waals surface area contributed by atoms with Gasteiger partial charge in [-0.15, -0.1) is 0 Å². The van der Waals surface area contributed by atoms with E-state index in [-0.39, 0.29) is 18.2 Å². The zero-order valence-corrected chi connectivity index (χ0v) is 17.4. The van der Waals surface area contributed by atoms with Crippen molar-refractivity contribution in [3.05, 3.63) is 48.0 Å². The van der Waals surface area contributed by atoms with Crippen LogP contribution in [-0.2, 0) is 14.3 Å². The largest absolute Gasteiger partial charge is 0.495 e. The predicted octanol–water partition coefficient (Wildman–Crippen LogP) is 2.83. The summed E-state index contributed by atoms with van der Waals surface area (Å²) in [6, 6.07) is 13.5. The van der Waals surface area contributed by atoms with Crippen molar-refractivity contribution in [3.63, 3.8) is 0 Å². The van der Waals surface area contributed by atoms with E-state index in [9.17, 15) is 9.59 Å². The molecule has 2 aliphatic heterocycles. The second-order valence-electron chi connectivity index (χ2n) is 7.69. The van der Waals surface area contributed by atoms with E-state index in [1.54, 1.807) is 12.0 Å². The summed E-state index contributed by atoms with van der Waals surface area (Å²) in [5.41, 5.74) is 3.50. The summed E-state index contributed by atoms with van der Waals surface area (Å²) < 4.78 is 10.9. The van der Waals surface area contributed by atoms with Gasteiger partial charge < -0.3 is 24.6 Å². The number of carbonyl (C=O) groups excluding carboxylic acids is 2. The van der Waals surface area contributed by atoms with Crippen LogP contribution in [0.1, 0.15) is 12.0 Å². The van der Waals surface area contributed by atoms with Crippen molar-refractivity contribution < 1.29 is 19.1 Å². The number of benzene rings is 2. The molecule has 0 spiro atoms. The van der Waals surface area contributed by atoms with Gasteiger partial charge in [-0.3, -0.25) is 9.59 Å². The lowest BCUT2D eigenvalue weighted by Crippen LogP contribution is -2.37. The molecule has 0 aromatic heterocycles. The average molecular weight is 409 g/mol. The van der Waals surface area contributed by atoms with Crippen LogP contribution in [0.5, 0.6) is 5.75 Å². The van der Waals surface area contributed by atoms with E-state index in [1.807, 2.05) is 49.4 Å². The second-order valence-corrected chi connectivity index (χ2v) is 7.69. The molecule has 1 N–H and O–H groups in total. The fourth-order valence-electron chi connectivity index (χ4n) is 4.02. The van der Waals surface area contributed by atoms with Crippen LogP contribution in [0.2, 0.25) is 0 Å². The van der Waals surface area contributed by atoms with Gasteiger partial charge in [-0.1, -0.05) is 18.2 Å². The molecule has 2 fully saturated rings. The summed E-state index contributed by atoms with van der Waals surface area (Å²) in [7, 11) is 1.58. The molecule has 2 aliphatic rings. The highest BCUT2D eigenvalue weighted by Crippen LogP contribution is 2.35. The molecule has 2 aromatic rings. The van der Waals surface area contributed by atoms with Gasteiger partial charge in [0.2, 0.25) is 11.8 Å². The third-order valence-electron chi connectivity index (χ3n) is 5.63. The van der Waals surface area contributed by atoms with E-state index in [2.05, 4.69) is 10.2 Å². The number of hydrogen-bond donors (Lipinski definition) is 1. The van der Waals surface area contributed by atoms with Crippen LogP contribution in [0, 0.1) is 12.8 Å². The Labute approximate surface area is 176 Å². The topological polar surface area (TPSA) is 71.1 Å². The number of nitrogens with one attached hydrogen (secondary N) is 1. The molecule has 30 heavy (non-hydrogen) atoms. The minimum absolute atomic E-state index is 0.0690. The van der Waals surface area contributed by atoms with Gasteiger partial charge >= 0.3 is 0 Å². The number of ether oxygens (including phenoxy) is 2. The van der Waals surface area contributed by atoms with Gasteiger partial charge in [-0.25, -0.2) is 0 Å². The van der Waals surface area contributed by atoms with E-state index in [1.165, 1.54) is 0 Å². The number of methoxy groups -OCH3 is 1. The average Bonchev–Trinajstić information content (AvgIpc) is 3.16. The third-order valence-corrected chi connectivity index (χ3v) is 5.63. The Kier molecular flexibility index (Phi) is 5.90. The third kappa shape index (κ3) is 4.11. The van der Waals surface area contributed by atoms with Crippen molar-refractivity contribution in [3.8, 4) is 5.75 Å². The molecule has 2 amide bonds. The highest BCUT2D eigenvalue weighted by Gasteiger charge is 2.36. The summed E-state index contributed by atoms with van der Waals surface area (Å²) in [4.78, 5) is 29.6. The number of morpholine rings is 1. The molecule has 0 aliphatic carbocycles.